The van der Waals surface area contributed by atoms with Gasteiger partial charge in [0.15, 0.2) is 0 Å². The predicted molar refractivity (Wildman–Crippen MR) is 29.1 cm³/mol. The van der Waals surface area contributed by atoms with Crippen molar-refractivity contribution >= 4 is 5.91 Å². The molecular formula is C4H10N2O2. The number of nitrogens with one attached hydrogen (secondary N) is 1. The molecule has 0 aromatic rings. The maximum absolute atomic E-state index is 10.0. The van der Waals surface area contributed by atoms with Crippen molar-refractivity contribution in [1.29, 1.82) is 0 Å². The summed E-state index contributed by atoms with van der Waals surface area (Å²) < 4.78 is 0. The molecule has 0 heterocycles. The summed E-state index contributed by atoms with van der Waals surface area (Å²) in [5.41, 5.74) is 4.69. The molecule has 0 spiro atoms. The Balaban J connectivity index is 3.32. The molecule has 0 aliphatic carbocycles. The number of primary amides is 1. The highest BCUT2D eigenvalue weighted by Crippen LogP contribution is 1.73. The zero-order valence-corrected chi connectivity index (χ0v) is 4.72. The molecule has 0 saturated heterocycles. The first-order valence-electron chi connectivity index (χ1n) is 2.30. The number of carbonyl (C=O) groups is 1. The van der Waals surface area contributed by atoms with Crippen LogP contribution in [0.25, 0.3) is 0 Å². The second kappa shape index (κ2) is 3.40. The topological polar surface area (TPSA) is 75.3 Å². The summed E-state index contributed by atoms with van der Waals surface area (Å²) in [6, 6.07) is 0. The van der Waals surface area contributed by atoms with E-state index in [1.807, 2.05) is 0 Å². The maximum atomic E-state index is 10.0. The van der Waals surface area contributed by atoms with Gasteiger partial charge in [-0.2, -0.15) is 0 Å². The minimum absolute atomic E-state index is 0.218. The van der Waals surface area contributed by atoms with Crippen LogP contribution in [0.15, 0.2) is 0 Å². The van der Waals surface area contributed by atoms with Crippen LogP contribution < -0.4 is 11.1 Å². The van der Waals surface area contributed by atoms with Crippen LogP contribution in [0.2, 0.25) is 0 Å². The summed E-state index contributed by atoms with van der Waals surface area (Å²) in [7, 11) is 1.63. The lowest BCUT2D eigenvalue weighted by Gasteiger charge is -2.02. The number of hydrogen-bond acceptors (Lipinski definition) is 3. The molecule has 4 N–H and O–H groups in total. The minimum Gasteiger partial charge on any atom is -0.382 e. The van der Waals surface area contributed by atoms with Crippen molar-refractivity contribution in [2.45, 2.75) is 6.10 Å². The third-order valence-corrected chi connectivity index (χ3v) is 0.726. The molecule has 0 aromatic heterocycles. The highest BCUT2D eigenvalue weighted by Gasteiger charge is 2.06. The molecule has 1 amide bonds. The van der Waals surface area contributed by atoms with Crippen molar-refractivity contribution in [3.63, 3.8) is 0 Å². The highest BCUT2D eigenvalue weighted by molar-refractivity contribution is 5.78. The average molecular weight is 118 g/mol. The van der Waals surface area contributed by atoms with Crippen LogP contribution in [0.1, 0.15) is 0 Å². The van der Waals surface area contributed by atoms with Crippen LogP contribution in [0.5, 0.6) is 0 Å². The fraction of sp³-hybridized carbons (Fsp3) is 0.750. The van der Waals surface area contributed by atoms with Crippen LogP contribution in [0.3, 0.4) is 0 Å². The van der Waals surface area contributed by atoms with Crippen molar-refractivity contribution in [2.24, 2.45) is 5.73 Å². The first kappa shape index (κ1) is 7.39. The first-order chi connectivity index (χ1) is 3.68. The molecule has 0 saturated carbocycles. The third-order valence-electron chi connectivity index (χ3n) is 0.726. The van der Waals surface area contributed by atoms with Crippen molar-refractivity contribution in [3.05, 3.63) is 0 Å². The van der Waals surface area contributed by atoms with Crippen molar-refractivity contribution in [3.8, 4) is 0 Å². The quantitative estimate of drug-likeness (QED) is 0.403. The van der Waals surface area contributed by atoms with Gasteiger partial charge in [-0.25, -0.2) is 0 Å². The van der Waals surface area contributed by atoms with E-state index in [0.29, 0.717) is 0 Å². The van der Waals surface area contributed by atoms with Crippen LogP contribution in [0, 0.1) is 0 Å². The molecule has 0 fully saturated rings. The van der Waals surface area contributed by atoms with Gasteiger partial charge >= 0.3 is 0 Å². The van der Waals surface area contributed by atoms with Gasteiger partial charge in [-0.15, -0.1) is 0 Å². The molecule has 0 aliphatic heterocycles. The van der Waals surface area contributed by atoms with Crippen molar-refractivity contribution in [2.75, 3.05) is 13.6 Å². The Morgan fingerprint density at radius 2 is 2.50 bits per heavy atom. The summed E-state index contributed by atoms with van der Waals surface area (Å²) in [4.78, 5) is 10.0. The third kappa shape index (κ3) is 2.54. The Bertz CT molecular complexity index is 84.1. The van der Waals surface area contributed by atoms with Crippen LogP contribution in [-0.4, -0.2) is 30.7 Å². The number of likely N-dealkylation sites (N-methyl/N-ethyl adjacent to an activating group) is 1. The van der Waals surface area contributed by atoms with Crippen LogP contribution in [0.4, 0.5) is 0 Å². The summed E-state index contributed by atoms with van der Waals surface area (Å²) in [5.74, 6) is -0.695. The van der Waals surface area contributed by atoms with Crippen LogP contribution >= 0.6 is 0 Å². The van der Waals surface area contributed by atoms with Gasteiger partial charge in [-0.05, 0) is 7.05 Å². The normalized spacial score (nSPS) is 13.2. The lowest BCUT2D eigenvalue weighted by atomic mass is 10.3. The monoisotopic (exact) mass is 118 g/mol. The Hall–Kier alpha value is -0.610. The molecule has 4 heteroatoms. The Kier molecular flexibility index (Phi) is 3.14. The number of aliphatic hydroxyl groups is 1. The maximum Gasteiger partial charge on any atom is 0.247 e. The molecule has 0 aliphatic rings. The second-order valence-electron chi connectivity index (χ2n) is 1.48. The van der Waals surface area contributed by atoms with Gasteiger partial charge < -0.3 is 16.2 Å². The van der Waals surface area contributed by atoms with E-state index in [1.165, 1.54) is 0 Å². The predicted octanol–water partition coefficient (Wildman–Crippen LogP) is -1.95. The van der Waals surface area contributed by atoms with Crippen LogP contribution in [-0.2, 0) is 4.79 Å². The van der Waals surface area contributed by atoms with E-state index in [9.17, 15) is 4.79 Å². The first-order valence-corrected chi connectivity index (χ1v) is 2.30. The fourth-order valence-electron chi connectivity index (χ4n) is 0.294. The zero-order valence-electron chi connectivity index (χ0n) is 4.72. The van der Waals surface area contributed by atoms with E-state index in [2.05, 4.69) is 5.32 Å². The van der Waals surface area contributed by atoms with Gasteiger partial charge in [-0.3, -0.25) is 4.79 Å². The molecule has 0 bridgehead atoms. The SMILES string of the molecule is CNC[C@H](O)C(N)=O. The zero-order chi connectivity index (χ0) is 6.57. The molecular weight excluding hydrogens is 108 g/mol. The summed E-state index contributed by atoms with van der Waals surface area (Å²) in [5, 5.41) is 11.2. The molecule has 8 heavy (non-hydrogen) atoms. The van der Waals surface area contributed by atoms with Gasteiger partial charge in [0.05, 0.1) is 0 Å². The number of aliphatic hydroxyl groups excluding tert-OH is 1. The number of carbonyl (C=O) groups excluding carboxylic acids is 1. The number of hydrogen-bond donors (Lipinski definition) is 3. The Morgan fingerprint density at radius 3 is 2.62 bits per heavy atom. The standard InChI is InChI=1S/C4H10N2O2/c1-6-2-3(7)4(5)8/h3,6-7H,2H2,1H3,(H2,5,8)/t3-/m0/s1. The molecule has 0 rings (SSSR count). The summed E-state index contributed by atoms with van der Waals surface area (Å²) in [6.07, 6.45) is -1.06. The summed E-state index contributed by atoms with van der Waals surface area (Å²) >= 11 is 0. The van der Waals surface area contributed by atoms with E-state index in [4.69, 9.17) is 10.8 Å². The van der Waals surface area contributed by atoms with Crippen molar-refractivity contribution < 1.29 is 9.90 Å². The van der Waals surface area contributed by atoms with E-state index in [-0.39, 0.29) is 6.54 Å². The van der Waals surface area contributed by atoms with Gasteiger partial charge in [0.1, 0.15) is 6.10 Å². The minimum atomic E-state index is -1.06. The Morgan fingerprint density at radius 1 is 2.00 bits per heavy atom. The Labute approximate surface area is 47.7 Å². The smallest absolute Gasteiger partial charge is 0.247 e. The number of rotatable bonds is 3. The van der Waals surface area contributed by atoms with Gasteiger partial charge in [-0.1, -0.05) is 0 Å². The van der Waals surface area contributed by atoms with Gasteiger partial charge in [0.25, 0.3) is 0 Å². The molecule has 1 atom stereocenters. The lowest BCUT2D eigenvalue weighted by Crippen LogP contribution is -2.36. The van der Waals surface area contributed by atoms with Gasteiger partial charge in [0.2, 0.25) is 5.91 Å². The molecule has 0 unspecified atom stereocenters. The number of amides is 1. The number of nitrogens with two attached hydrogens (primary N) is 1. The van der Waals surface area contributed by atoms with Gasteiger partial charge in [0, 0.05) is 6.54 Å². The lowest BCUT2D eigenvalue weighted by molar-refractivity contribution is -0.125. The fourth-order valence-corrected chi connectivity index (χ4v) is 0.294. The molecule has 48 valence electrons. The van der Waals surface area contributed by atoms with E-state index in [1.54, 1.807) is 7.05 Å². The van der Waals surface area contributed by atoms with E-state index in [0.717, 1.165) is 0 Å². The van der Waals surface area contributed by atoms with E-state index >= 15 is 0 Å². The average Bonchev–Trinajstić information content (AvgIpc) is 1.67. The largest absolute Gasteiger partial charge is 0.382 e. The van der Waals surface area contributed by atoms with Crippen molar-refractivity contribution in [1.82, 2.24) is 5.32 Å². The second-order valence-corrected chi connectivity index (χ2v) is 1.48. The molecule has 0 aromatic carbocycles. The summed E-state index contributed by atoms with van der Waals surface area (Å²) in [6.45, 7) is 0.218. The molecule has 4 nitrogen and oxygen atoms in total. The highest BCUT2D eigenvalue weighted by atomic mass is 16.3. The van der Waals surface area contributed by atoms with E-state index < -0.39 is 12.0 Å². The molecule has 0 radical (unpaired) electrons.